The van der Waals surface area contributed by atoms with E-state index in [0.717, 1.165) is 0 Å². The first-order chi connectivity index (χ1) is 12.5. The monoisotopic (exact) mass is 349 g/mol. The summed E-state index contributed by atoms with van der Waals surface area (Å²) in [7, 11) is 0. The topological polar surface area (TPSA) is 131 Å². The van der Waals surface area contributed by atoms with Gasteiger partial charge in [-0.25, -0.2) is 9.97 Å². The van der Waals surface area contributed by atoms with Crippen LogP contribution in [-0.4, -0.2) is 31.9 Å². The van der Waals surface area contributed by atoms with Gasteiger partial charge in [0, 0.05) is 11.8 Å². The highest BCUT2D eigenvalue weighted by Gasteiger charge is 2.08. The number of anilines is 1. The van der Waals surface area contributed by atoms with Crippen LogP contribution in [0.4, 0.5) is 5.69 Å². The minimum atomic E-state index is -0.620. The highest BCUT2D eigenvalue weighted by Crippen LogP contribution is 2.20. The third-order valence-electron chi connectivity index (χ3n) is 3.48. The van der Waals surface area contributed by atoms with E-state index < -0.39 is 5.91 Å². The van der Waals surface area contributed by atoms with E-state index in [-0.39, 0.29) is 23.8 Å². The van der Waals surface area contributed by atoms with E-state index in [9.17, 15) is 14.7 Å². The van der Waals surface area contributed by atoms with Crippen LogP contribution in [-0.2, 0) is 11.2 Å². The lowest BCUT2D eigenvalue weighted by Gasteiger charge is -2.06. The highest BCUT2D eigenvalue weighted by atomic mass is 16.3. The molecule has 0 bridgehead atoms. The minimum Gasteiger partial charge on any atom is -0.508 e. The summed E-state index contributed by atoms with van der Waals surface area (Å²) in [6.45, 7) is 0. The standard InChI is InChI=1S/C18H15N5O3/c19-17(26)15-5-4-11(8-20-15)6-16(25)23-13-9-21-18(22-10-13)12-2-1-3-14(24)7-12/h1-5,7-10,24H,6H2,(H2,19,26)(H,23,25). The Hall–Kier alpha value is -3.81. The molecule has 0 aliphatic heterocycles. The van der Waals surface area contributed by atoms with E-state index in [1.165, 1.54) is 24.7 Å². The van der Waals surface area contributed by atoms with Gasteiger partial charge in [-0.15, -0.1) is 0 Å². The lowest BCUT2D eigenvalue weighted by Crippen LogP contribution is -2.16. The van der Waals surface area contributed by atoms with Gasteiger partial charge < -0.3 is 16.2 Å². The van der Waals surface area contributed by atoms with Crippen LogP contribution < -0.4 is 11.1 Å². The van der Waals surface area contributed by atoms with Gasteiger partial charge in [-0.2, -0.15) is 0 Å². The Morgan fingerprint density at radius 3 is 2.42 bits per heavy atom. The van der Waals surface area contributed by atoms with E-state index >= 15 is 0 Å². The number of pyridine rings is 1. The van der Waals surface area contributed by atoms with Crippen LogP contribution in [0.25, 0.3) is 11.4 Å². The number of phenols is 1. The van der Waals surface area contributed by atoms with Crippen LogP contribution in [0.1, 0.15) is 16.1 Å². The summed E-state index contributed by atoms with van der Waals surface area (Å²) >= 11 is 0. The van der Waals surface area contributed by atoms with Crippen LogP contribution >= 0.6 is 0 Å². The first-order valence-corrected chi connectivity index (χ1v) is 7.67. The van der Waals surface area contributed by atoms with E-state index in [1.807, 2.05) is 0 Å². The third-order valence-corrected chi connectivity index (χ3v) is 3.48. The number of primary amides is 1. The molecule has 0 aliphatic carbocycles. The highest BCUT2D eigenvalue weighted by molar-refractivity contribution is 5.92. The minimum absolute atomic E-state index is 0.0837. The molecule has 1 aromatic carbocycles. The Balaban J connectivity index is 1.63. The zero-order chi connectivity index (χ0) is 18.5. The van der Waals surface area contributed by atoms with Crippen molar-refractivity contribution in [1.82, 2.24) is 15.0 Å². The second kappa shape index (κ2) is 7.39. The fraction of sp³-hybridized carbons (Fsp3) is 0.0556. The van der Waals surface area contributed by atoms with E-state index in [0.29, 0.717) is 22.6 Å². The quantitative estimate of drug-likeness (QED) is 0.640. The Morgan fingerprint density at radius 2 is 1.81 bits per heavy atom. The molecule has 3 rings (SSSR count). The maximum atomic E-state index is 12.1. The second-order valence-corrected chi connectivity index (χ2v) is 5.49. The summed E-state index contributed by atoms with van der Waals surface area (Å²) in [6.07, 6.45) is 4.49. The molecule has 0 fully saturated rings. The fourth-order valence-corrected chi connectivity index (χ4v) is 2.25. The van der Waals surface area contributed by atoms with Crippen molar-refractivity contribution in [2.45, 2.75) is 6.42 Å². The molecule has 8 nitrogen and oxygen atoms in total. The van der Waals surface area contributed by atoms with Gasteiger partial charge in [0.05, 0.1) is 24.5 Å². The normalized spacial score (nSPS) is 10.3. The molecule has 0 unspecified atom stereocenters. The first-order valence-electron chi connectivity index (χ1n) is 7.67. The number of nitrogens with zero attached hydrogens (tertiary/aromatic N) is 3. The lowest BCUT2D eigenvalue weighted by atomic mass is 10.2. The molecule has 0 saturated heterocycles. The molecular formula is C18H15N5O3. The van der Waals surface area contributed by atoms with Crippen molar-refractivity contribution in [3.63, 3.8) is 0 Å². The number of aromatic nitrogens is 3. The number of hydrogen-bond acceptors (Lipinski definition) is 6. The molecule has 0 atom stereocenters. The predicted molar refractivity (Wildman–Crippen MR) is 94.2 cm³/mol. The van der Waals surface area contributed by atoms with Crippen molar-refractivity contribution >= 4 is 17.5 Å². The number of carbonyl (C=O) groups is 2. The molecule has 0 aliphatic rings. The number of amides is 2. The molecule has 26 heavy (non-hydrogen) atoms. The Morgan fingerprint density at radius 1 is 1.04 bits per heavy atom. The molecule has 4 N–H and O–H groups in total. The van der Waals surface area contributed by atoms with E-state index in [2.05, 4.69) is 20.3 Å². The van der Waals surface area contributed by atoms with Crippen molar-refractivity contribution in [3.8, 4) is 17.1 Å². The van der Waals surface area contributed by atoms with Crippen molar-refractivity contribution in [2.75, 3.05) is 5.32 Å². The molecule has 2 amide bonds. The molecule has 0 spiro atoms. The predicted octanol–water partition coefficient (Wildman–Crippen LogP) is 1.52. The van der Waals surface area contributed by atoms with Crippen LogP contribution in [0, 0.1) is 0 Å². The van der Waals surface area contributed by atoms with Gasteiger partial charge in [-0.05, 0) is 23.8 Å². The Bertz CT molecular complexity index is 940. The van der Waals surface area contributed by atoms with Crippen LogP contribution in [0.2, 0.25) is 0 Å². The molecule has 2 heterocycles. The molecule has 0 radical (unpaired) electrons. The summed E-state index contributed by atoms with van der Waals surface area (Å²) in [5.41, 5.74) is 7.02. The average molecular weight is 349 g/mol. The maximum Gasteiger partial charge on any atom is 0.267 e. The number of aromatic hydroxyl groups is 1. The average Bonchev–Trinajstić information content (AvgIpc) is 2.62. The summed E-state index contributed by atoms with van der Waals surface area (Å²) in [5, 5.41) is 12.2. The van der Waals surface area contributed by atoms with Crippen LogP contribution in [0.3, 0.4) is 0 Å². The van der Waals surface area contributed by atoms with Gasteiger partial charge in [-0.1, -0.05) is 18.2 Å². The summed E-state index contributed by atoms with van der Waals surface area (Å²) in [4.78, 5) is 35.3. The SMILES string of the molecule is NC(=O)c1ccc(CC(=O)Nc2cnc(-c3cccc(O)c3)nc2)cn1. The second-order valence-electron chi connectivity index (χ2n) is 5.49. The molecule has 0 saturated carbocycles. The van der Waals surface area contributed by atoms with Crippen molar-refractivity contribution < 1.29 is 14.7 Å². The number of carbonyl (C=O) groups excluding carboxylic acids is 2. The van der Waals surface area contributed by atoms with Gasteiger partial charge in [-0.3, -0.25) is 14.6 Å². The summed E-state index contributed by atoms with van der Waals surface area (Å²) < 4.78 is 0. The van der Waals surface area contributed by atoms with Gasteiger partial charge in [0.1, 0.15) is 11.4 Å². The molecule has 3 aromatic rings. The summed E-state index contributed by atoms with van der Waals surface area (Å²) in [6, 6.07) is 9.67. The largest absolute Gasteiger partial charge is 0.508 e. The molecular weight excluding hydrogens is 334 g/mol. The lowest BCUT2D eigenvalue weighted by molar-refractivity contribution is -0.115. The van der Waals surface area contributed by atoms with Crippen molar-refractivity contribution in [1.29, 1.82) is 0 Å². The zero-order valence-electron chi connectivity index (χ0n) is 13.6. The molecule has 130 valence electrons. The third kappa shape index (κ3) is 4.18. The number of rotatable bonds is 5. The van der Waals surface area contributed by atoms with E-state index in [1.54, 1.807) is 30.3 Å². The first kappa shape index (κ1) is 17.0. The van der Waals surface area contributed by atoms with Crippen molar-refractivity contribution in [3.05, 3.63) is 66.2 Å². The van der Waals surface area contributed by atoms with Crippen LogP contribution in [0.5, 0.6) is 5.75 Å². The Kier molecular flexibility index (Phi) is 4.84. The molecule has 2 aromatic heterocycles. The van der Waals surface area contributed by atoms with Crippen LogP contribution in [0.15, 0.2) is 55.0 Å². The zero-order valence-corrected chi connectivity index (χ0v) is 13.6. The smallest absolute Gasteiger partial charge is 0.267 e. The number of nitrogens with one attached hydrogen (secondary N) is 1. The Labute approximate surface area is 148 Å². The number of nitrogens with two attached hydrogens (primary N) is 1. The molecule has 8 heteroatoms. The van der Waals surface area contributed by atoms with E-state index in [4.69, 9.17) is 5.73 Å². The number of hydrogen-bond donors (Lipinski definition) is 3. The maximum absolute atomic E-state index is 12.1. The van der Waals surface area contributed by atoms with Gasteiger partial charge in [0.2, 0.25) is 5.91 Å². The summed E-state index contributed by atoms with van der Waals surface area (Å²) in [5.74, 6) is -0.332. The van der Waals surface area contributed by atoms with Gasteiger partial charge in [0.15, 0.2) is 5.82 Å². The van der Waals surface area contributed by atoms with Gasteiger partial charge >= 0.3 is 0 Å². The number of benzene rings is 1. The van der Waals surface area contributed by atoms with Crippen molar-refractivity contribution in [2.24, 2.45) is 5.73 Å². The number of phenolic OH excluding ortho intramolecular Hbond substituents is 1. The van der Waals surface area contributed by atoms with Gasteiger partial charge in [0.25, 0.3) is 5.91 Å². The fourth-order valence-electron chi connectivity index (χ4n) is 2.25.